The van der Waals surface area contributed by atoms with Crippen LogP contribution < -0.4 is 0 Å². The molecule has 1 heterocycles. The van der Waals surface area contributed by atoms with Crippen LogP contribution in [0.3, 0.4) is 0 Å². The maximum Gasteiger partial charge on any atom is 0.410 e. The van der Waals surface area contributed by atoms with Gasteiger partial charge in [-0.25, -0.2) is 4.79 Å². The van der Waals surface area contributed by atoms with E-state index in [1.54, 1.807) is 7.05 Å². The van der Waals surface area contributed by atoms with Gasteiger partial charge in [0.25, 0.3) is 0 Å². The van der Waals surface area contributed by atoms with E-state index in [2.05, 4.69) is 15.7 Å². The molecule has 0 saturated carbocycles. The van der Waals surface area contributed by atoms with Gasteiger partial charge in [-0.15, -0.1) is 10.2 Å². The number of aromatic nitrogens is 2. The van der Waals surface area contributed by atoms with Crippen LogP contribution in [0.25, 0.3) is 0 Å². The van der Waals surface area contributed by atoms with Gasteiger partial charge in [0.05, 0.1) is 0 Å². The highest BCUT2D eigenvalue weighted by atomic mass is 32.1. The number of carbonyl (C=O) groups excluding carboxylic acids is 1. The fraction of sp³-hybridized carbons (Fsp3) is 0.700. The molecule has 0 aromatic carbocycles. The van der Waals surface area contributed by atoms with Crippen molar-refractivity contribution in [3.05, 3.63) is 10.5 Å². The van der Waals surface area contributed by atoms with Crippen molar-refractivity contribution in [3.63, 3.8) is 0 Å². The van der Waals surface area contributed by atoms with E-state index in [4.69, 9.17) is 4.74 Å². The molecule has 0 bridgehead atoms. The number of nitrogens with zero attached hydrogens (tertiary/aromatic N) is 3. The first-order valence-corrected chi connectivity index (χ1v) is 5.82. The SMILES string of the molecule is CN(CCc1nn[c]s1)C(=O)OC(C)(C)C. The van der Waals surface area contributed by atoms with Gasteiger partial charge in [0, 0.05) is 20.0 Å². The number of hydrogen-bond donors (Lipinski definition) is 0. The quantitative estimate of drug-likeness (QED) is 0.810. The lowest BCUT2D eigenvalue weighted by atomic mass is 10.2. The number of carbonyl (C=O) groups is 1. The molecule has 89 valence electrons. The van der Waals surface area contributed by atoms with Crippen molar-refractivity contribution in [2.45, 2.75) is 32.8 Å². The molecule has 1 aromatic heterocycles. The maximum atomic E-state index is 11.6. The molecular weight excluding hydrogens is 226 g/mol. The number of hydrogen-bond acceptors (Lipinski definition) is 5. The first-order valence-electron chi connectivity index (χ1n) is 5.01. The van der Waals surface area contributed by atoms with Crippen LogP contribution in [-0.4, -0.2) is 40.4 Å². The van der Waals surface area contributed by atoms with Gasteiger partial charge in [0.15, 0.2) is 5.51 Å². The normalized spacial score (nSPS) is 11.2. The summed E-state index contributed by atoms with van der Waals surface area (Å²) < 4.78 is 5.22. The second-order valence-electron chi connectivity index (χ2n) is 4.44. The zero-order valence-corrected chi connectivity index (χ0v) is 10.8. The van der Waals surface area contributed by atoms with Crippen LogP contribution in [0.15, 0.2) is 0 Å². The summed E-state index contributed by atoms with van der Waals surface area (Å²) in [7, 11) is 1.71. The number of amides is 1. The molecule has 0 aliphatic rings. The Balaban J connectivity index is 2.35. The first-order chi connectivity index (χ1) is 7.38. The lowest BCUT2D eigenvalue weighted by Gasteiger charge is -2.24. The van der Waals surface area contributed by atoms with Gasteiger partial charge in [-0.3, -0.25) is 0 Å². The predicted octanol–water partition coefficient (Wildman–Crippen LogP) is 1.75. The molecule has 16 heavy (non-hydrogen) atoms. The Morgan fingerprint density at radius 3 is 2.75 bits per heavy atom. The van der Waals surface area contributed by atoms with Crippen molar-refractivity contribution in [3.8, 4) is 0 Å². The van der Waals surface area contributed by atoms with Crippen molar-refractivity contribution >= 4 is 17.4 Å². The molecule has 0 unspecified atom stereocenters. The summed E-state index contributed by atoms with van der Waals surface area (Å²) in [5.41, 5.74) is 2.21. The summed E-state index contributed by atoms with van der Waals surface area (Å²) in [6.45, 7) is 6.10. The Morgan fingerprint density at radius 2 is 2.25 bits per heavy atom. The Labute approximate surface area is 99.4 Å². The molecule has 1 radical (unpaired) electrons. The highest BCUT2D eigenvalue weighted by molar-refractivity contribution is 7.08. The molecule has 1 amide bonds. The van der Waals surface area contributed by atoms with Crippen molar-refractivity contribution in [2.75, 3.05) is 13.6 Å². The van der Waals surface area contributed by atoms with E-state index in [0.717, 1.165) is 5.01 Å². The second kappa shape index (κ2) is 5.25. The molecule has 0 atom stereocenters. The summed E-state index contributed by atoms with van der Waals surface area (Å²) in [6, 6.07) is 0. The van der Waals surface area contributed by atoms with Crippen LogP contribution in [0.5, 0.6) is 0 Å². The topological polar surface area (TPSA) is 55.3 Å². The molecule has 5 nitrogen and oxygen atoms in total. The molecule has 0 aliphatic heterocycles. The van der Waals surface area contributed by atoms with Crippen LogP contribution in [0.2, 0.25) is 0 Å². The average molecular weight is 242 g/mol. The van der Waals surface area contributed by atoms with Crippen LogP contribution in [0, 0.1) is 5.51 Å². The van der Waals surface area contributed by atoms with Gasteiger partial charge in [0.2, 0.25) is 0 Å². The number of ether oxygens (including phenoxy) is 1. The van der Waals surface area contributed by atoms with E-state index in [1.165, 1.54) is 16.2 Å². The average Bonchev–Trinajstić information content (AvgIpc) is 2.63. The summed E-state index contributed by atoms with van der Waals surface area (Å²) in [4.78, 5) is 13.1. The minimum Gasteiger partial charge on any atom is -0.444 e. The van der Waals surface area contributed by atoms with E-state index in [-0.39, 0.29) is 6.09 Å². The van der Waals surface area contributed by atoms with Gasteiger partial charge in [-0.1, -0.05) is 11.3 Å². The van der Waals surface area contributed by atoms with Gasteiger partial charge in [-0.05, 0) is 20.8 Å². The highest BCUT2D eigenvalue weighted by Gasteiger charge is 2.19. The van der Waals surface area contributed by atoms with Gasteiger partial charge < -0.3 is 9.64 Å². The smallest absolute Gasteiger partial charge is 0.410 e. The monoisotopic (exact) mass is 242 g/mol. The molecule has 0 aliphatic carbocycles. The fourth-order valence-corrected chi connectivity index (χ4v) is 1.43. The Kier molecular flexibility index (Phi) is 4.23. The lowest BCUT2D eigenvalue weighted by molar-refractivity contribution is 0.0300. The van der Waals surface area contributed by atoms with Crippen molar-refractivity contribution in [2.24, 2.45) is 0 Å². The number of rotatable bonds is 3. The van der Waals surface area contributed by atoms with E-state index in [1.807, 2.05) is 20.8 Å². The van der Waals surface area contributed by atoms with E-state index < -0.39 is 5.60 Å². The van der Waals surface area contributed by atoms with E-state index >= 15 is 0 Å². The van der Waals surface area contributed by atoms with E-state index in [0.29, 0.717) is 13.0 Å². The molecule has 0 N–H and O–H groups in total. The third-order valence-corrected chi connectivity index (χ3v) is 2.43. The van der Waals surface area contributed by atoms with Gasteiger partial charge >= 0.3 is 6.09 Å². The molecule has 0 saturated heterocycles. The maximum absolute atomic E-state index is 11.6. The van der Waals surface area contributed by atoms with Gasteiger partial charge in [0.1, 0.15) is 10.6 Å². The Morgan fingerprint density at radius 1 is 1.56 bits per heavy atom. The molecular formula is C10H16N3O2S. The highest BCUT2D eigenvalue weighted by Crippen LogP contribution is 2.09. The fourth-order valence-electron chi connectivity index (χ4n) is 0.965. The Bertz CT molecular complexity index is 332. The first kappa shape index (κ1) is 12.9. The van der Waals surface area contributed by atoms with Crippen molar-refractivity contribution in [1.82, 2.24) is 15.1 Å². The minimum absolute atomic E-state index is 0.319. The van der Waals surface area contributed by atoms with Gasteiger partial charge in [-0.2, -0.15) is 0 Å². The van der Waals surface area contributed by atoms with Crippen LogP contribution in [-0.2, 0) is 11.2 Å². The standard InChI is InChI=1S/C10H16N3O2S/c1-10(2,3)15-9(14)13(4)6-5-8-12-11-7-16-8/h5-6H2,1-4H3. The second-order valence-corrected chi connectivity index (χ2v) is 5.30. The third-order valence-electron chi connectivity index (χ3n) is 1.73. The van der Waals surface area contributed by atoms with E-state index in [9.17, 15) is 4.79 Å². The summed E-state index contributed by atoms with van der Waals surface area (Å²) in [6.07, 6.45) is 0.359. The largest absolute Gasteiger partial charge is 0.444 e. The third kappa shape index (κ3) is 4.57. The molecule has 1 aromatic rings. The van der Waals surface area contributed by atoms with Crippen molar-refractivity contribution in [1.29, 1.82) is 0 Å². The molecule has 0 fully saturated rings. The molecule has 1 rings (SSSR count). The Hall–Kier alpha value is -1.17. The minimum atomic E-state index is -0.456. The zero-order chi connectivity index (χ0) is 12.2. The predicted molar refractivity (Wildman–Crippen MR) is 61.3 cm³/mol. The van der Waals surface area contributed by atoms with Crippen molar-refractivity contribution < 1.29 is 9.53 Å². The zero-order valence-electron chi connectivity index (χ0n) is 9.98. The number of likely N-dealkylation sites (N-methyl/N-ethyl adjacent to an activating group) is 1. The van der Waals surface area contributed by atoms with Crippen LogP contribution in [0.1, 0.15) is 25.8 Å². The summed E-state index contributed by atoms with van der Waals surface area (Å²) in [5.74, 6) is 0. The van der Waals surface area contributed by atoms with Crippen LogP contribution in [0.4, 0.5) is 4.79 Å². The summed E-state index contributed by atoms with van der Waals surface area (Å²) in [5, 5.41) is 8.34. The lowest BCUT2D eigenvalue weighted by Crippen LogP contribution is -2.35. The van der Waals surface area contributed by atoms with Crippen LogP contribution >= 0.6 is 11.3 Å². The summed E-state index contributed by atoms with van der Waals surface area (Å²) >= 11 is 1.36. The molecule has 6 heteroatoms. The molecule has 0 spiro atoms.